The predicted molar refractivity (Wildman–Crippen MR) is 66.4 cm³/mol. The Bertz CT molecular complexity index is 204. The highest BCUT2D eigenvalue weighted by molar-refractivity contribution is 7.63. The molecule has 0 saturated carbocycles. The molecule has 0 saturated heterocycles. The predicted octanol–water partition coefficient (Wildman–Crippen LogP) is 0.989. The molecule has 0 aliphatic heterocycles. The van der Waals surface area contributed by atoms with Crippen molar-refractivity contribution < 1.29 is 19.9 Å². The Morgan fingerprint density at radius 1 is 1.00 bits per heavy atom. The van der Waals surface area contributed by atoms with Crippen molar-refractivity contribution in [2.45, 2.75) is 20.3 Å². The molecule has 4 nitrogen and oxygen atoms in total. The molecule has 0 bridgehead atoms. The second-order valence-corrected chi connectivity index (χ2v) is 8.09. The van der Waals surface area contributed by atoms with Crippen molar-refractivity contribution in [3.63, 3.8) is 0 Å². The summed E-state index contributed by atoms with van der Waals surface area (Å²) in [5, 5.41) is 26.8. The van der Waals surface area contributed by atoms with Gasteiger partial charge in [-0.25, -0.2) is 0 Å². The van der Waals surface area contributed by atoms with E-state index in [9.17, 15) is 4.57 Å². The lowest BCUT2D eigenvalue weighted by Crippen LogP contribution is -2.16. The fourth-order valence-electron chi connectivity index (χ4n) is 1.87. The van der Waals surface area contributed by atoms with Gasteiger partial charge in [-0.15, -0.1) is 0 Å². The molecule has 0 aromatic heterocycles. The van der Waals surface area contributed by atoms with E-state index in [4.69, 9.17) is 15.3 Å². The average Bonchev–Trinajstić information content (AvgIpc) is 2.25. The van der Waals surface area contributed by atoms with E-state index >= 15 is 0 Å². The van der Waals surface area contributed by atoms with Crippen LogP contribution in [0.25, 0.3) is 0 Å². The van der Waals surface area contributed by atoms with Crippen LogP contribution in [-0.2, 0) is 4.57 Å². The minimum Gasteiger partial charge on any atom is -0.396 e. The Labute approximate surface area is 98.1 Å². The van der Waals surface area contributed by atoms with Crippen molar-refractivity contribution in [1.82, 2.24) is 0 Å². The minimum absolute atomic E-state index is 0.0235. The lowest BCUT2D eigenvalue weighted by molar-refractivity contribution is 0.244. The van der Waals surface area contributed by atoms with Crippen LogP contribution in [0.1, 0.15) is 20.3 Å². The van der Waals surface area contributed by atoms with Crippen LogP contribution < -0.4 is 0 Å². The fourth-order valence-corrected chi connectivity index (χ4v) is 5.60. The summed E-state index contributed by atoms with van der Waals surface area (Å²) < 4.78 is 12.6. The number of aliphatic hydroxyl groups is 3. The highest BCUT2D eigenvalue weighted by atomic mass is 31.2. The highest BCUT2D eigenvalue weighted by Crippen LogP contribution is 2.49. The van der Waals surface area contributed by atoms with Crippen molar-refractivity contribution >= 4 is 7.14 Å². The fraction of sp³-hybridized carbons (Fsp3) is 1.00. The van der Waals surface area contributed by atoms with Gasteiger partial charge in [0.05, 0.1) is 7.14 Å². The summed E-state index contributed by atoms with van der Waals surface area (Å²) in [5.41, 5.74) is 0. The summed E-state index contributed by atoms with van der Waals surface area (Å²) in [6.07, 6.45) is 2.06. The molecule has 0 aromatic carbocycles. The van der Waals surface area contributed by atoms with Crippen LogP contribution in [0, 0.1) is 11.8 Å². The van der Waals surface area contributed by atoms with Crippen LogP contribution in [0.2, 0.25) is 0 Å². The third-order valence-electron chi connectivity index (χ3n) is 2.64. The first kappa shape index (κ1) is 16.1. The van der Waals surface area contributed by atoms with Gasteiger partial charge in [-0.1, -0.05) is 13.8 Å². The molecule has 0 heterocycles. The molecule has 0 radical (unpaired) electrons. The molecule has 0 fully saturated rings. The van der Waals surface area contributed by atoms with Gasteiger partial charge in [0.15, 0.2) is 0 Å². The molecule has 0 spiro atoms. The molecule has 0 aliphatic carbocycles. The van der Waals surface area contributed by atoms with E-state index < -0.39 is 7.14 Å². The van der Waals surface area contributed by atoms with Gasteiger partial charge in [0.1, 0.15) is 0 Å². The van der Waals surface area contributed by atoms with Crippen molar-refractivity contribution in [3.05, 3.63) is 0 Å². The largest absolute Gasteiger partial charge is 0.396 e. The Kier molecular flexibility index (Phi) is 8.29. The topological polar surface area (TPSA) is 77.8 Å². The van der Waals surface area contributed by atoms with Crippen LogP contribution in [0.5, 0.6) is 0 Å². The van der Waals surface area contributed by atoms with E-state index in [-0.39, 0.29) is 31.7 Å². The van der Waals surface area contributed by atoms with E-state index in [1.54, 1.807) is 0 Å². The number of hydrogen-bond donors (Lipinski definition) is 3. The lowest BCUT2D eigenvalue weighted by Gasteiger charge is -2.23. The van der Waals surface area contributed by atoms with Gasteiger partial charge in [-0.05, 0) is 18.3 Å². The molecule has 2 atom stereocenters. The van der Waals surface area contributed by atoms with Crippen molar-refractivity contribution in [3.8, 4) is 0 Å². The number of aliphatic hydroxyl groups excluding tert-OH is 3. The van der Waals surface area contributed by atoms with Crippen LogP contribution in [0.3, 0.4) is 0 Å². The number of rotatable bonds is 9. The van der Waals surface area contributed by atoms with Crippen LogP contribution in [0.15, 0.2) is 0 Å². The van der Waals surface area contributed by atoms with Crippen molar-refractivity contribution in [2.75, 3.05) is 38.3 Å². The average molecular weight is 252 g/mol. The molecule has 0 aliphatic rings. The zero-order chi connectivity index (χ0) is 12.6. The molecule has 3 N–H and O–H groups in total. The van der Waals surface area contributed by atoms with Gasteiger partial charge in [0.2, 0.25) is 0 Å². The van der Waals surface area contributed by atoms with E-state index in [1.165, 1.54) is 0 Å². The summed E-state index contributed by atoms with van der Waals surface area (Å²) in [7, 11) is -2.36. The SMILES string of the molecule is CC(CO)CP(=O)(CCCO)CC(C)CO. The number of hydrogen-bond acceptors (Lipinski definition) is 4. The van der Waals surface area contributed by atoms with Gasteiger partial charge in [-0.3, -0.25) is 0 Å². The first-order valence-electron chi connectivity index (χ1n) is 5.87. The van der Waals surface area contributed by atoms with E-state index in [2.05, 4.69) is 0 Å². The highest BCUT2D eigenvalue weighted by Gasteiger charge is 2.26. The van der Waals surface area contributed by atoms with E-state index in [0.717, 1.165) is 0 Å². The standard InChI is InChI=1S/C11H25O4P/c1-10(6-13)8-16(15,5-3-4-12)9-11(2)7-14/h10-14H,3-9H2,1-2H3. The van der Waals surface area contributed by atoms with Gasteiger partial charge in [-0.2, -0.15) is 0 Å². The molecule has 0 aromatic rings. The smallest absolute Gasteiger partial charge is 0.0885 e. The first-order chi connectivity index (χ1) is 7.47. The monoisotopic (exact) mass is 252 g/mol. The van der Waals surface area contributed by atoms with Gasteiger partial charge >= 0.3 is 0 Å². The van der Waals surface area contributed by atoms with Gasteiger partial charge in [0.25, 0.3) is 0 Å². The normalized spacial score (nSPS) is 19.1. The third-order valence-corrected chi connectivity index (χ3v) is 6.34. The Morgan fingerprint density at radius 3 is 1.75 bits per heavy atom. The second-order valence-electron chi connectivity index (χ2n) is 4.80. The van der Waals surface area contributed by atoms with Crippen molar-refractivity contribution in [1.29, 1.82) is 0 Å². The first-order valence-corrected chi connectivity index (χ1v) is 8.13. The molecule has 98 valence electrons. The molecule has 16 heavy (non-hydrogen) atoms. The summed E-state index contributed by atoms with van der Waals surface area (Å²) in [5.74, 6) is 0.0471. The van der Waals surface area contributed by atoms with Gasteiger partial charge in [0, 0.05) is 38.3 Å². The van der Waals surface area contributed by atoms with Crippen LogP contribution >= 0.6 is 7.14 Å². The Hall–Kier alpha value is 0.110. The third kappa shape index (κ3) is 6.64. The summed E-state index contributed by atoms with van der Waals surface area (Å²) in [6.45, 7) is 3.86. The molecular weight excluding hydrogens is 227 g/mol. The summed E-state index contributed by atoms with van der Waals surface area (Å²) in [4.78, 5) is 0. The van der Waals surface area contributed by atoms with Crippen molar-refractivity contribution in [2.24, 2.45) is 11.8 Å². The second kappa shape index (κ2) is 8.24. The molecule has 0 amide bonds. The van der Waals surface area contributed by atoms with E-state index in [1.807, 2.05) is 13.8 Å². The Balaban J connectivity index is 4.41. The zero-order valence-corrected chi connectivity index (χ0v) is 11.2. The minimum atomic E-state index is -2.36. The maximum atomic E-state index is 12.6. The van der Waals surface area contributed by atoms with E-state index in [0.29, 0.717) is 24.9 Å². The molecule has 0 rings (SSSR count). The molecule has 5 heteroatoms. The lowest BCUT2D eigenvalue weighted by atomic mass is 10.2. The molecular formula is C11H25O4P. The summed E-state index contributed by atoms with van der Waals surface area (Å²) >= 11 is 0. The Morgan fingerprint density at radius 2 is 1.44 bits per heavy atom. The van der Waals surface area contributed by atoms with Crippen LogP contribution in [-0.4, -0.2) is 53.6 Å². The maximum absolute atomic E-state index is 12.6. The maximum Gasteiger partial charge on any atom is 0.0885 e. The zero-order valence-electron chi connectivity index (χ0n) is 10.3. The quantitative estimate of drug-likeness (QED) is 0.535. The summed E-state index contributed by atoms with van der Waals surface area (Å²) in [6, 6.07) is 0. The molecule has 2 unspecified atom stereocenters. The van der Waals surface area contributed by atoms with Crippen LogP contribution in [0.4, 0.5) is 0 Å². The van der Waals surface area contributed by atoms with Gasteiger partial charge < -0.3 is 19.9 Å².